The van der Waals surface area contributed by atoms with E-state index in [0.717, 1.165) is 27.6 Å². The van der Waals surface area contributed by atoms with E-state index in [2.05, 4.69) is 52.4 Å². The van der Waals surface area contributed by atoms with Crippen LogP contribution >= 0.6 is 15.9 Å². The summed E-state index contributed by atoms with van der Waals surface area (Å²) in [4.78, 5) is 29.0. The van der Waals surface area contributed by atoms with E-state index in [0.29, 0.717) is 25.8 Å². The van der Waals surface area contributed by atoms with Gasteiger partial charge in [0.2, 0.25) is 11.8 Å². The van der Waals surface area contributed by atoms with Crippen LogP contribution in [0.1, 0.15) is 48.9 Å². The molecule has 0 aromatic heterocycles. The van der Waals surface area contributed by atoms with Crippen molar-refractivity contribution in [3.8, 4) is 0 Å². The molecule has 35 heavy (non-hydrogen) atoms. The fourth-order valence-electron chi connectivity index (χ4n) is 3.93. The average molecular weight is 536 g/mol. The van der Waals surface area contributed by atoms with E-state index in [9.17, 15) is 9.59 Å². The van der Waals surface area contributed by atoms with Crippen molar-refractivity contribution in [2.45, 2.75) is 65.1 Å². The van der Waals surface area contributed by atoms with Crippen molar-refractivity contribution in [2.24, 2.45) is 0 Å². The Morgan fingerprint density at radius 3 is 2.14 bits per heavy atom. The third-order valence-corrected chi connectivity index (χ3v) is 6.82. The van der Waals surface area contributed by atoms with Gasteiger partial charge in [0.15, 0.2) is 0 Å². The van der Waals surface area contributed by atoms with Gasteiger partial charge in [-0.1, -0.05) is 95.1 Å². The molecular weight excluding hydrogens is 500 g/mol. The van der Waals surface area contributed by atoms with Crippen molar-refractivity contribution in [2.75, 3.05) is 0 Å². The second-order valence-electron chi connectivity index (χ2n) is 9.16. The van der Waals surface area contributed by atoms with Gasteiger partial charge in [-0.3, -0.25) is 9.59 Å². The van der Waals surface area contributed by atoms with Crippen molar-refractivity contribution >= 4 is 27.7 Å². The zero-order valence-corrected chi connectivity index (χ0v) is 22.4. The van der Waals surface area contributed by atoms with E-state index in [1.54, 1.807) is 4.90 Å². The third kappa shape index (κ3) is 8.36. The summed E-state index contributed by atoms with van der Waals surface area (Å²) in [6.45, 7) is 6.48. The van der Waals surface area contributed by atoms with Crippen molar-refractivity contribution in [3.63, 3.8) is 0 Å². The van der Waals surface area contributed by atoms with E-state index < -0.39 is 6.04 Å². The molecule has 2 atom stereocenters. The summed E-state index contributed by atoms with van der Waals surface area (Å²) < 4.78 is 0.980. The number of carbonyl (C=O) groups is 2. The molecule has 0 saturated carbocycles. The Bertz CT molecular complexity index is 1080. The minimum Gasteiger partial charge on any atom is -0.352 e. The van der Waals surface area contributed by atoms with Crippen LogP contribution in [0.25, 0.3) is 0 Å². The first kappa shape index (κ1) is 26.7. The van der Waals surface area contributed by atoms with Crippen molar-refractivity contribution < 1.29 is 9.59 Å². The Morgan fingerprint density at radius 2 is 1.51 bits per heavy atom. The molecule has 2 amide bonds. The van der Waals surface area contributed by atoms with Crippen LogP contribution in [0.15, 0.2) is 83.3 Å². The van der Waals surface area contributed by atoms with Crippen LogP contribution in [-0.4, -0.2) is 28.8 Å². The molecule has 4 nitrogen and oxygen atoms in total. The lowest BCUT2D eigenvalue weighted by atomic mass is 10.0. The van der Waals surface area contributed by atoms with Gasteiger partial charge in [-0.15, -0.1) is 0 Å². The number of halogens is 1. The van der Waals surface area contributed by atoms with Gasteiger partial charge in [-0.25, -0.2) is 0 Å². The summed E-state index contributed by atoms with van der Waals surface area (Å²) in [6.07, 6.45) is 2.29. The molecule has 0 bridgehead atoms. The molecule has 3 aromatic rings. The lowest BCUT2D eigenvalue weighted by Crippen LogP contribution is -2.52. The molecule has 0 saturated heterocycles. The molecule has 0 aliphatic heterocycles. The van der Waals surface area contributed by atoms with Gasteiger partial charge in [0.1, 0.15) is 6.04 Å². The Morgan fingerprint density at radius 1 is 0.886 bits per heavy atom. The average Bonchev–Trinajstić information content (AvgIpc) is 2.87. The quantitative estimate of drug-likeness (QED) is 0.316. The molecule has 184 valence electrons. The minimum absolute atomic E-state index is 0.0197. The molecule has 0 fully saturated rings. The van der Waals surface area contributed by atoms with Crippen LogP contribution in [0.4, 0.5) is 0 Å². The van der Waals surface area contributed by atoms with Crippen molar-refractivity contribution in [1.82, 2.24) is 10.2 Å². The maximum atomic E-state index is 13.7. The summed E-state index contributed by atoms with van der Waals surface area (Å²) in [5.74, 6) is -0.127. The molecule has 0 aliphatic rings. The standard InChI is InChI=1S/C30H35BrN2O2/c1-4-23(3)32-30(35)28(20-25-8-6-5-7-9-25)33(21-26-14-17-27(31)18-15-26)29(34)19-16-24-12-10-22(2)11-13-24/h5-15,17-18,23,28H,4,16,19-21H2,1-3H3,(H,32,35). The van der Waals surface area contributed by atoms with Gasteiger partial charge in [0.25, 0.3) is 0 Å². The number of nitrogens with one attached hydrogen (secondary N) is 1. The molecule has 3 aromatic carbocycles. The van der Waals surface area contributed by atoms with Gasteiger partial charge in [-0.2, -0.15) is 0 Å². The normalized spacial score (nSPS) is 12.6. The lowest BCUT2D eigenvalue weighted by molar-refractivity contribution is -0.141. The second kappa shape index (κ2) is 13.2. The Labute approximate surface area is 217 Å². The SMILES string of the molecule is CCC(C)NC(=O)C(Cc1ccccc1)N(Cc1ccc(Br)cc1)C(=O)CCc1ccc(C)cc1. The highest BCUT2D eigenvalue weighted by Gasteiger charge is 2.30. The highest BCUT2D eigenvalue weighted by Crippen LogP contribution is 2.19. The fourth-order valence-corrected chi connectivity index (χ4v) is 4.20. The van der Waals surface area contributed by atoms with Crippen LogP contribution in [0, 0.1) is 6.92 Å². The molecule has 1 N–H and O–H groups in total. The number of rotatable bonds is 11. The van der Waals surface area contributed by atoms with Crippen LogP contribution < -0.4 is 5.32 Å². The number of hydrogen-bond acceptors (Lipinski definition) is 2. The van der Waals surface area contributed by atoms with Crippen LogP contribution in [0.2, 0.25) is 0 Å². The van der Waals surface area contributed by atoms with E-state index in [1.807, 2.05) is 68.4 Å². The number of aryl methyl sites for hydroxylation is 2. The molecule has 0 heterocycles. The third-order valence-electron chi connectivity index (χ3n) is 6.29. The van der Waals surface area contributed by atoms with Gasteiger partial charge >= 0.3 is 0 Å². The lowest BCUT2D eigenvalue weighted by Gasteiger charge is -2.32. The molecule has 0 aliphatic carbocycles. The maximum absolute atomic E-state index is 13.7. The van der Waals surface area contributed by atoms with Gasteiger partial charge < -0.3 is 10.2 Å². The number of benzene rings is 3. The van der Waals surface area contributed by atoms with Crippen LogP contribution in [0.5, 0.6) is 0 Å². The molecule has 5 heteroatoms. The highest BCUT2D eigenvalue weighted by atomic mass is 79.9. The monoisotopic (exact) mass is 534 g/mol. The van der Waals surface area contributed by atoms with Crippen LogP contribution in [-0.2, 0) is 29.0 Å². The van der Waals surface area contributed by atoms with Crippen molar-refractivity contribution in [1.29, 1.82) is 0 Å². The molecular formula is C30H35BrN2O2. The minimum atomic E-state index is -0.597. The Balaban J connectivity index is 1.89. The first-order valence-corrected chi connectivity index (χ1v) is 13.1. The summed E-state index contributed by atoms with van der Waals surface area (Å²) in [7, 11) is 0. The van der Waals surface area contributed by atoms with Gasteiger partial charge in [-0.05, 0) is 55.5 Å². The Kier molecular flexibility index (Phi) is 10.1. The molecule has 3 rings (SSSR count). The molecule has 0 spiro atoms. The molecule has 0 radical (unpaired) electrons. The Hall–Kier alpha value is -2.92. The topological polar surface area (TPSA) is 49.4 Å². The summed E-state index contributed by atoms with van der Waals surface area (Å²) in [5.41, 5.74) is 4.34. The first-order chi connectivity index (χ1) is 16.9. The fraction of sp³-hybridized carbons (Fsp3) is 0.333. The zero-order chi connectivity index (χ0) is 25.2. The predicted octanol–water partition coefficient (Wildman–Crippen LogP) is 6.24. The number of carbonyl (C=O) groups excluding carboxylic acids is 2. The second-order valence-corrected chi connectivity index (χ2v) is 10.1. The van der Waals surface area contributed by atoms with E-state index >= 15 is 0 Å². The first-order valence-electron chi connectivity index (χ1n) is 12.3. The van der Waals surface area contributed by atoms with Gasteiger partial charge in [0.05, 0.1) is 0 Å². The summed E-state index contributed by atoms with van der Waals surface area (Å²) in [6, 6.07) is 25.6. The summed E-state index contributed by atoms with van der Waals surface area (Å²) in [5, 5.41) is 3.12. The smallest absolute Gasteiger partial charge is 0.243 e. The number of amides is 2. The van der Waals surface area contributed by atoms with Crippen molar-refractivity contribution in [3.05, 3.63) is 106 Å². The van der Waals surface area contributed by atoms with Crippen LogP contribution in [0.3, 0.4) is 0 Å². The van der Waals surface area contributed by atoms with E-state index in [4.69, 9.17) is 0 Å². The predicted molar refractivity (Wildman–Crippen MR) is 146 cm³/mol. The van der Waals surface area contributed by atoms with E-state index in [-0.39, 0.29) is 17.9 Å². The van der Waals surface area contributed by atoms with E-state index in [1.165, 1.54) is 5.56 Å². The number of nitrogens with zero attached hydrogens (tertiary/aromatic N) is 1. The van der Waals surface area contributed by atoms with Gasteiger partial charge in [0, 0.05) is 29.9 Å². The number of hydrogen-bond donors (Lipinski definition) is 1. The maximum Gasteiger partial charge on any atom is 0.243 e. The summed E-state index contributed by atoms with van der Waals surface area (Å²) >= 11 is 3.48. The largest absolute Gasteiger partial charge is 0.352 e. The molecule has 2 unspecified atom stereocenters. The highest BCUT2D eigenvalue weighted by molar-refractivity contribution is 9.10. The zero-order valence-electron chi connectivity index (χ0n) is 20.8.